The van der Waals surface area contributed by atoms with E-state index in [-0.39, 0.29) is 23.6 Å². The highest BCUT2D eigenvalue weighted by atomic mass is 16.5. The molecule has 4 nitrogen and oxygen atoms in total. The zero-order chi connectivity index (χ0) is 13.1. The minimum Gasteiger partial charge on any atom is -0.469 e. The Labute approximate surface area is 108 Å². The fourth-order valence-electron chi connectivity index (χ4n) is 3.47. The van der Waals surface area contributed by atoms with Gasteiger partial charge in [-0.3, -0.25) is 9.59 Å². The molecule has 0 aromatic rings. The minimum atomic E-state index is -0.704. The van der Waals surface area contributed by atoms with Gasteiger partial charge < -0.3 is 9.84 Å². The molecule has 1 N–H and O–H groups in total. The predicted octanol–water partition coefficient (Wildman–Crippen LogP) is 1.70. The first-order chi connectivity index (χ1) is 8.65. The summed E-state index contributed by atoms with van der Waals surface area (Å²) >= 11 is 0. The van der Waals surface area contributed by atoms with Gasteiger partial charge in [-0.05, 0) is 25.2 Å². The quantitative estimate of drug-likeness (QED) is 0.723. The molecule has 0 aromatic heterocycles. The standard InChI is InChI=1S/C14H22O4/c1-18-14(17)11-8-10-9(13(11)16)6-4-2-3-5-7-12(10)15/h9-11,13,16H,2-8H2,1H3/t9-,10+,11-,13-/m0/s1. The van der Waals surface area contributed by atoms with Crippen LogP contribution in [-0.4, -0.2) is 30.1 Å². The van der Waals surface area contributed by atoms with E-state index >= 15 is 0 Å². The molecule has 0 aromatic carbocycles. The molecule has 18 heavy (non-hydrogen) atoms. The Bertz CT molecular complexity index is 326. The molecule has 0 spiro atoms. The number of fused-ring (bicyclic) bond motifs is 1. The molecule has 2 rings (SSSR count). The summed E-state index contributed by atoms with van der Waals surface area (Å²) in [7, 11) is 1.34. The van der Waals surface area contributed by atoms with E-state index in [1.165, 1.54) is 7.11 Å². The van der Waals surface area contributed by atoms with Gasteiger partial charge >= 0.3 is 5.97 Å². The number of esters is 1. The lowest BCUT2D eigenvalue weighted by Crippen LogP contribution is -2.29. The average molecular weight is 254 g/mol. The summed E-state index contributed by atoms with van der Waals surface area (Å²) in [4.78, 5) is 23.8. The molecule has 2 saturated carbocycles. The molecule has 4 heteroatoms. The van der Waals surface area contributed by atoms with Gasteiger partial charge in [-0.15, -0.1) is 0 Å². The summed E-state index contributed by atoms with van der Waals surface area (Å²) in [6.07, 6.45) is 5.42. The first-order valence-electron chi connectivity index (χ1n) is 6.93. The molecule has 0 radical (unpaired) electrons. The predicted molar refractivity (Wildman–Crippen MR) is 65.8 cm³/mol. The highest BCUT2D eigenvalue weighted by Crippen LogP contribution is 2.42. The number of rotatable bonds is 1. The Morgan fingerprint density at radius 1 is 1.28 bits per heavy atom. The minimum absolute atomic E-state index is 0.0419. The maximum absolute atomic E-state index is 12.1. The highest BCUT2D eigenvalue weighted by molar-refractivity contribution is 5.83. The fraction of sp³-hybridized carbons (Fsp3) is 0.857. The van der Waals surface area contributed by atoms with Gasteiger partial charge in [-0.1, -0.05) is 19.3 Å². The summed E-state index contributed by atoms with van der Waals surface area (Å²) in [6.45, 7) is 0. The topological polar surface area (TPSA) is 63.6 Å². The Balaban J connectivity index is 2.14. The van der Waals surface area contributed by atoms with Crippen LogP contribution < -0.4 is 0 Å². The van der Waals surface area contributed by atoms with Crippen molar-refractivity contribution in [3.8, 4) is 0 Å². The number of hydrogen-bond donors (Lipinski definition) is 1. The number of ketones is 1. The van der Waals surface area contributed by atoms with E-state index in [1.54, 1.807) is 0 Å². The van der Waals surface area contributed by atoms with Gasteiger partial charge in [0.15, 0.2) is 0 Å². The number of aliphatic hydroxyl groups excluding tert-OH is 1. The van der Waals surface area contributed by atoms with E-state index in [2.05, 4.69) is 0 Å². The average Bonchev–Trinajstić information content (AvgIpc) is 2.72. The molecule has 2 fully saturated rings. The summed E-state index contributed by atoms with van der Waals surface area (Å²) in [5.74, 6) is -0.831. The van der Waals surface area contributed by atoms with Crippen molar-refractivity contribution >= 4 is 11.8 Å². The van der Waals surface area contributed by atoms with Crippen LogP contribution in [-0.2, 0) is 14.3 Å². The third kappa shape index (κ3) is 2.58. The van der Waals surface area contributed by atoms with Crippen LogP contribution in [0.5, 0.6) is 0 Å². The second-order valence-electron chi connectivity index (χ2n) is 5.55. The third-order valence-corrected chi connectivity index (χ3v) is 4.50. The van der Waals surface area contributed by atoms with Crippen LogP contribution in [0.3, 0.4) is 0 Å². The number of carbonyl (C=O) groups is 2. The lowest BCUT2D eigenvalue weighted by atomic mass is 9.86. The smallest absolute Gasteiger partial charge is 0.311 e. The van der Waals surface area contributed by atoms with Crippen LogP contribution in [0.1, 0.15) is 44.9 Å². The molecule has 0 saturated heterocycles. The van der Waals surface area contributed by atoms with Crippen molar-refractivity contribution in [2.45, 2.75) is 51.0 Å². The molecule has 4 atom stereocenters. The number of hydrogen-bond acceptors (Lipinski definition) is 4. The van der Waals surface area contributed by atoms with Gasteiger partial charge in [0, 0.05) is 12.3 Å². The lowest BCUT2D eigenvalue weighted by molar-refractivity contribution is -0.148. The monoisotopic (exact) mass is 254 g/mol. The van der Waals surface area contributed by atoms with Gasteiger partial charge in [0.25, 0.3) is 0 Å². The Kier molecular flexibility index (Phi) is 4.38. The van der Waals surface area contributed by atoms with E-state index < -0.39 is 12.0 Å². The van der Waals surface area contributed by atoms with E-state index in [1.807, 2.05) is 0 Å². The van der Waals surface area contributed by atoms with Crippen LogP contribution in [0.2, 0.25) is 0 Å². The zero-order valence-corrected chi connectivity index (χ0v) is 10.9. The number of ether oxygens (including phenoxy) is 1. The molecular weight excluding hydrogens is 232 g/mol. The van der Waals surface area contributed by atoms with Crippen LogP contribution in [0.4, 0.5) is 0 Å². The van der Waals surface area contributed by atoms with Crippen molar-refractivity contribution in [3.05, 3.63) is 0 Å². The van der Waals surface area contributed by atoms with Crippen molar-refractivity contribution in [2.24, 2.45) is 17.8 Å². The van der Waals surface area contributed by atoms with Crippen LogP contribution >= 0.6 is 0 Å². The SMILES string of the molecule is COC(=O)[C@H]1C[C@H]2C(=O)CCCCCC[C@@H]2[C@@H]1O. The summed E-state index contributed by atoms with van der Waals surface area (Å²) in [5, 5.41) is 10.3. The first kappa shape index (κ1) is 13.5. The molecule has 0 heterocycles. The van der Waals surface area contributed by atoms with Crippen molar-refractivity contribution in [1.82, 2.24) is 0 Å². The van der Waals surface area contributed by atoms with Crippen molar-refractivity contribution in [1.29, 1.82) is 0 Å². The first-order valence-corrected chi connectivity index (χ1v) is 6.93. The molecule has 0 unspecified atom stereocenters. The number of methoxy groups -OCH3 is 1. The molecule has 2 aliphatic carbocycles. The maximum atomic E-state index is 12.1. The Hall–Kier alpha value is -0.900. The second kappa shape index (κ2) is 5.83. The highest BCUT2D eigenvalue weighted by Gasteiger charge is 2.48. The van der Waals surface area contributed by atoms with Crippen molar-refractivity contribution < 1.29 is 19.4 Å². The van der Waals surface area contributed by atoms with Gasteiger partial charge in [0.2, 0.25) is 0 Å². The lowest BCUT2D eigenvalue weighted by Gasteiger charge is -2.20. The van der Waals surface area contributed by atoms with E-state index in [0.29, 0.717) is 12.8 Å². The van der Waals surface area contributed by atoms with Gasteiger partial charge in [-0.2, -0.15) is 0 Å². The van der Waals surface area contributed by atoms with Gasteiger partial charge in [0.1, 0.15) is 5.78 Å². The normalized spacial score (nSPS) is 37.3. The third-order valence-electron chi connectivity index (χ3n) is 4.50. The van der Waals surface area contributed by atoms with E-state index in [4.69, 9.17) is 4.74 Å². The Morgan fingerprint density at radius 2 is 2.00 bits per heavy atom. The van der Waals surface area contributed by atoms with Crippen molar-refractivity contribution in [2.75, 3.05) is 7.11 Å². The summed E-state index contributed by atoms with van der Waals surface area (Å²) in [5.41, 5.74) is 0. The molecule has 102 valence electrons. The Morgan fingerprint density at radius 3 is 2.72 bits per heavy atom. The molecule has 2 aliphatic rings. The summed E-state index contributed by atoms with van der Waals surface area (Å²) < 4.78 is 4.72. The largest absolute Gasteiger partial charge is 0.469 e. The number of Topliss-reactive ketones (excluding diaryl/α,β-unsaturated/α-hetero) is 1. The molecule has 0 aliphatic heterocycles. The number of carbonyl (C=O) groups excluding carboxylic acids is 2. The van der Waals surface area contributed by atoms with Gasteiger partial charge in [0.05, 0.1) is 19.1 Å². The van der Waals surface area contributed by atoms with Crippen LogP contribution in [0.15, 0.2) is 0 Å². The van der Waals surface area contributed by atoms with E-state index in [9.17, 15) is 14.7 Å². The van der Waals surface area contributed by atoms with Crippen molar-refractivity contribution in [3.63, 3.8) is 0 Å². The van der Waals surface area contributed by atoms with Crippen LogP contribution in [0.25, 0.3) is 0 Å². The zero-order valence-electron chi connectivity index (χ0n) is 10.9. The fourth-order valence-corrected chi connectivity index (χ4v) is 3.47. The summed E-state index contributed by atoms with van der Waals surface area (Å²) in [6, 6.07) is 0. The molecule has 0 amide bonds. The second-order valence-corrected chi connectivity index (χ2v) is 5.55. The maximum Gasteiger partial charge on any atom is 0.311 e. The van der Waals surface area contributed by atoms with Gasteiger partial charge in [-0.25, -0.2) is 0 Å². The van der Waals surface area contributed by atoms with E-state index in [0.717, 1.165) is 32.1 Å². The number of aliphatic hydroxyl groups is 1. The molecular formula is C14H22O4. The van der Waals surface area contributed by atoms with Crippen LogP contribution in [0, 0.1) is 17.8 Å². The molecule has 0 bridgehead atoms.